The molecular weight excluding hydrogens is 692 g/mol. The number of hydrogen-bond acceptors (Lipinski definition) is 6. The van der Waals surface area contributed by atoms with Crippen molar-refractivity contribution in [1.82, 2.24) is 30.2 Å². The molecule has 0 aliphatic heterocycles. The molecule has 0 fully saturated rings. The molecule has 2 aromatic heterocycles. The van der Waals surface area contributed by atoms with Gasteiger partial charge in [-0.2, -0.15) is 10.2 Å². The minimum absolute atomic E-state index is 0.0373. The second-order valence-electron chi connectivity index (χ2n) is 14.1. The van der Waals surface area contributed by atoms with E-state index in [0.717, 1.165) is 18.2 Å². The number of aryl methyl sites for hydroxylation is 2. The van der Waals surface area contributed by atoms with Crippen molar-refractivity contribution in [3.8, 4) is 0 Å². The molecule has 2 unspecified atom stereocenters. The van der Waals surface area contributed by atoms with Crippen molar-refractivity contribution in [1.29, 1.82) is 0 Å². The molecule has 0 saturated carbocycles. The van der Waals surface area contributed by atoms with Crippen LogP contribution in [0.4, 0.5) is 17.6 Å². The van der Waals surface area contributed by atoms with Gasteiger partial charge in [-0.1, -0.05) is 23.7 Å². The fraction of sp³-hybridized carbons (Fsp3) is 0.444. The maximum atomic E-state index is 14.7. The molecule has 2 heterocycles. The summed E-state index contributed by atoms with van der Waals surface area (Å²) >= 11 is 6.26. The molecule has 15 heteroatoms. The van der Waals surface area contributed by atoms with E-state index in [4.69, 9.17) is 11.6 Å². The number of carbonyl (C=O) groups is 2. The van der Waals surface area contributed by atoms with Gasteiger partial charge in [0.15, 0.2) is 17.5 Å². The molecule has 2 aromatic carbocycles. The molecule has 0 aliphatic rings. The van der Waals surface area contributed by atoms with Crippen LogP contribution in [0.15, 0.2) is 30.3 Å². The predicted octanol–water partition coefficient (Wildman–Crippen LogP) is 5.57. The number of hydrogen-bond donors (Lipinski definition) is 4. The summed E-state index contributed by atoms with van der Waals surface area (Å²) in [7, 11) is 0. The summed E-state index contributed by atoms with van der Waals surface area (Å²) in [4.78, 5) is 29.1. The SMILES string of the molecule is Cc1nn(CC(C)(C)O)c(C)c1C(C(=O)NCc1ccc(F)cc1Cl)C(C(=O)NCc1ccc(F)c(F)c1F)c1c(C)nn(CC(C)(C)O)c1C. The van der Waals surface area contributed by atoms with Crippen LogP contribution in [-0.4, -0.2) is 52.8 Å². The summed E-state index contributed by atoms with van der Waals surface area (Å²) in [5.41, 5.74) is 0.000830. The first-order valence-electron chi connectivity index (χ1n) is 16.2. The zero-order valence-electron chi connectivity index (χ0n) is 29.8. The van der Waals surface area contributed by atoms with Crippen LogP contribution in [0.2, 0.25) is 5.02 Å². The lowest BCUT2D eigenvalue weighted by atomic mass is 9.78. The standard InChI is InChI=1S/C36H43ClF4N6O4/c1-18-27(20(3)46(44-18)16-35(5,6)50)29(33(48)42-14-22-9-11-24(38)13-25(22)37)30(28-19(2)45-47(21(28)4)17-36(7,8)51)34(49)43-15-23-10-12-26(39)32(41)31(23)40/h9-13,29-30,50-51H,14-17H2,1-8H3,(H,42,48)(H,43,49). The minimum atomic E-state index is -1.69. The maximum absolute atomic E-state index is 14.7. The Bertz CT molecular complexity index is 1950. The van der Waals surface area contributed by atoms with Crippen molar-refractivity contribution in [2.24, 2.45) is 0 Å². The van der Waals surface area contributed by atoms with Crippen molar-refractivity contribution in [3.05, 3.63) is 104 Å². The number of nitrogens with one attached hydrogen (secondary N) is 2. The molecular formula is C36H43ClF4N6O4. The van der Waals surface area contributed by atoms with E-state index in [-0.39, 0.29) is 30.2 Å². The van der Waals surface area contributed by atoms with E-state index in [1.165, 1.54) is 21.5 Å². The van der Waals surface area contributed by atoms with E-state index in [1.807, 2.05) is 0 Å². The number of carbonyl (C=O) groups excluding carboxylic acids is 2. The summed E-state index contributed by atoms with van der Waals surface area (Å²) in [6.45, 7) is 12.4. The molecule has 0 radical (unpaired) electrons. The quantitative estimate of drug-likeness (QED) is 0.105. The Morgan fingerprint density at radius 3 is 1.61 bits per heavy atom. The molecule has 4 rings (SSSR count). The zero-order chi connectivity index (χ0) is 38.2. The number of amides is 2. The van der Waals surface area contributed by atoms with E-state index in [0.29, 0.717) is 39.5 Å². The Hall–Kier alpha value is -4.27. The fourth-order valence-corrected chi connectivity index (χ4v) is 6.45. The largest absolute Gasteiger partial charge is 0.389 e. The Balaban J connectivity index is 1.92. The average molecular weight is 735 g/mol. The molecule has 2 amide bonds. The summed E-state index contributed by atoms with van der Waals surface area (Å²) in [5.74, 6) is -9.27. The van der Waals surface area contributed by atoms with Crippen LogP contribution >= 0.6 is 11.6 Å². The Labute approximate surface area is 298 Å². The third-order valence-corrected chi connectivity index (χ3v) is 8.86. The van der Waals surface area contributed by atoms with Gasteiger partial charge in [0.1, 0.15) is 5.82 Å². The first-order chi connectivity index (χ1) is 23.6. The number of benzene rings is 2. The molecule has 4 aromatic rings. The molecule has 4 N–H and O–H groups in total. The van der Waals surface area contributed by atoms with E-state index < -0.39 is 64.7 Å². The number of rotatable bonds is 13. The van der Waals surface area contributed by atoms with E-state index in [2.05, 4.69) is 20.8 Å². The van der Waals surface area contributed by atoms with Gasteiger partial charge in [-0.3, -0.25) is 19.0 Å². The predicted molar refractivity (Wildman–Crippen MR) is 183 cm³/mol. The highest BCUT2D eigenvalue weighted by Crippen LogP contribution is 2.40. The third-order valence-electron chi connectivity index (χ3n) is 8.51. The lowest BCUT2D eigenvalue weighted by Gasteiger charge is -2.28. The number of nitrogens with zero attached hydrogens (tertiary/aromatic N) is 4. The van der Waals surface area contributed by atoms with Gasteiger partial charge in [0, 0.05) is 46.2 Å². The number of aromatic nitrogens is 4. The zero-order valence-corrected chi connectivity index (χ0v) is 30.5. The summed E-state index contributed by atoms with van der Waals surface area (Å²) in [6.07, 6.45) is 0. The molecule has 0 bridgehead atoms. The van der Waals surface area contributed by atoms with Gasteiger partial charge < -0.3 is 20.8 Å². The molecule has 0 spiro atoms. The van der Waals surface area contributed by atoms with Crippen molar-refractivity contribution in [3.63, 3.8) is 0 Å². The maximum Gasteiger partial charge on any atom is 0.229 e. The molecule has 276 valence electrons. The Kier molecular flexibility index (Phi) is 11.7. The van der Waals surface area contributed by atoms with Crippen LogP contribution in [0.3, 0.4) is 0 Å². The minimum Gasteiger partial charge on any atom is -0.389 e. The summed E-state index contributed by atoms with van der Waals surface area (Å²) < 4.78 is 59.4. The highest BCUT2D eigenvalue weighted by atomic mass is 35.5. The van der Waals surface area contributed by atoms with Gasteiger partial charge in [-0.05, 0) is 79.2 Å². The second kappa shape index (κ2) is 15.1. The van der Waals surface area contributed by atoms with Crippen LogP contribution in [0.5, 0.6) is 0 Å². The number of halogens is 5. The van der Waals surface area contributed by atoms with Gasteiger partial charge >= 0.3 is 0 Å². The van der Waals surface area contributed by atoms with E-state index in [9.17, 15) is 37.4 Å². The van der Waals surface area contributed by atoms with Crippen LogP contribution in [0, 0.1) is 51.0 Å². The highest BCUT2D eigenvalue weighted by molar-refractivity contribution is 6.31. The van der Waals surface area contributed by atoms with Gasteiger partial charge in [0.05, 0.1) is 47.5 Å². The van der Waals surface area contributed by atoms with Crippen molar-refractivity contribution in [2.75, 3.05) is 0 Å². The third kappa shape index (κ3) is 9.16. The van der Waals surface area contributed by atoms with Crippen molar-refractivity contribution < 1.29 is 37.4 Å². The monoisotopic (exact) mass is 734 g/mol. The molecule has 51 heavy (non-hydrogen) atoms. The average Bonchev–Trinajstić information content (AvgIpc) is 3.43. The van der Waals surface area contributed by atoms with Gasteiger partial charge in [-0.25, -0.2) is 17.6 Å². The van der Waals surface area contributed by atoms with Crippen molar-refractivity contribution in [2.45, 2.75) is 105 Å². The highest BCUT2D eigenvalue weighted by Gasteiger charge is 2.42. The Morgan fingerprint density at radius 2 is 1.18 bits per heavy atom. The van der Waals surface area contributed by atoms with Gasteiger partial charge in [-0.15, -0.1) is 0 Å². The van der Waals surface area contributed by atoms with Gasteiger partial charge in [0.2, 0.25) is 11.8 Å². The summed E-state index contributed by atoms with van der Waals surface area (Å²) in [6, 6.07) is 5.46. The van der Waals surface area contributed by atoms with Gasteiger partial charge in [0.25, 0.3) is 0 Å². The first kappa shape index (κ1) is 39.5. The molecule has 0 aliphatic carbocycles. The molecule has 2 atom stereocenters. The summed E-state index contributed by atoms with van der Waals surface area (Å²) in [5, 5.41) is 35.9. The van der Waals surface area contributed by atoms with Crippen LogP contribution < -0.4 is 10.6 Å². The van der Waals surface area contributed by atoms with Crippen LogP contribution in [0.1, 0.15) is 84.6 Å². The topological polar surface area (TPSA) is 134 Å². The lowest BCUT2D eigenvalue weighted by molar-refractivity contribution is -0.129. The van der Waals surface area contributed by atoms with E-state index in [1.54, 1.807) is 55.4 Å². The smallest absolute Gasteiger partial charge is 0.229 e. The van der Waals surface area contributed by atoms with Crippen LogP contribution in [0.25, 0.3) is 0 Å². The van der Waals surface area contributed by atoms with Crippen LogP contribution in [-0.2, 0) is 35.8 Å². The number of aliphatic hydroxyl groups is 2. The van der Waals surface area contributed by atoms with Crippen molar-refractivity contribution >= 4 is 23.4 Å². The fourth-order valence-electron chi connectivity index (χ4n) is 6.21. The molecule has 10 nitrogen and oxygen atoms in total. The second-order valence-corrected chi connectivity index (χ2v) is 14.5. The Morgan fingerprint density at radius 1 is 0.745 bits per heavy atom. The lowest BCUT2D eigenvalue weighted by Crippen LogP contribution is -2.40. The van der Waals surface area contributed by atoms with E-state index >= 15 is 0 Å². The first-order valence-corrected chi connectivity index (χ1v) is 16.6. The normalized spacial score (nSPS) is 13.3. The molecule has 0 saturated heterocycles.